The molecule has 0 aromatic rings. The molecule has 0 saturated carbocycles. The van der Waals surface area contributed by atoms with Crippen molar-refractivity contribution in [3.63, 3.8) is 0 Å². The normalized spacial score (nSPS) is 50.3. The van der Waals surface area contributed by atoms with Crippen molar-refractivity contribution in [3.8, 4) is 0 Å². The molecule has 418 valence electrons. The van der Waals surface area contributed by atoms with Crippen molar-refractivity contribution < 1.29 is 138 Å². The smallest absolute Gasteiger partial charge is 0.303 e. The maximum Gasteiger partial charge on any atom is 0.303 e. The van der Waals surface area contributed by atoms with Gasteiger partial charge < -0.3 is 133 Å². The summed E-state index contributed by atoms with van der Waals surface area (Å²) in [6.45, 7) is 7.62. The molecule has 6 fully saturated rings. The van der Waals surface area contributed by atoms with Gasteiger partial charge in [0.25, 0.3) is 0 Å². The molecule has 30 atom stereocenters. The van der Waals surface area contributed by atoms with Gasteiger partial charge in [-0.15, -0.1) is 0 Å². The summed E-state index contributed by atoms with van der Waals surface area (Å²) < 4.78 is 77.8. The first-order chi connectivity index (χ1) is 33.9. The average Bonchev–Trinajstić information content (AvgIpc) is 3.33. The monoisotopic (exact) mass is 1050 g/mol. The number of aliphatic hydroxyl groups excluding tert-OH is 13. The van der Waals surface area contributed by atoms with Crippen LogP contribution in [-0.4, -0.2) is 282 Å². The molecule has 0 radical (unpaired) electrons. The molecule has 0 aromatic heterocycles. The number of carbonyl (C=O) groups excluding carboxylic acids is 2. The van der Waals surface area contributed by atoms with Crippen molar-refractivity contribution in [2.45, 2.75) is 239 Å². The molecule has 1 amide bonds. The number of ether oxygens (including phenoxy) is 13. The summed E-state index contributed by atoms with van der Waals surface area (Å²) in [6, 6.07) is -1.75. The summed E-state index contributed by atoms with van der Waals surface area (Å²) in [5.74, 6) is -1.80. The lowest BCUT2D eigenvalue weighted by molar-refractivity contribution is -0.406. The molecular weight excluding hydrogens is 978 g/mol. The van der Waals surface area contributed by atoms with Gasteiger partial charge in [0.15, 0.2) is 43.8 Å². The summed E-state index contributed by atoms with van der Waals surface area (Å²) in [5, 5.41) is 144. The Balaban J connectivity index is 1.39. The number of carbonyl (C=O) groups is 2. The summed E-state index contributed by atoms with van der Waals surface area (Å²) in [7, 11) is 0. The fourth-order valence-electron chi connectivity index (χ4n) is 9.29. The van der Waals surface area contributed by atoms with Crippen LogP contribution < -0.4 is 5.32 Å². The lowest BCUT2D eigenvalue weighted by Crippen LogP contribution is -2.71. The van der Waals surface area contributed by atoms with E-state index in [4.69, 9.17) is 61.6 Å². The van der Waals surface area contributed by atoms with Crippen LogP contribution in [0.3, 0.4) is 0 Å². The van der Waals surface area contributed by atoms with Crippen LogP contribution >= 0.6 is 0 Å². The first-order valence-corrected chi connectivity index (χ1v) is 23.9. The number of hydrogen-bond acceptors (Lipinski definition) is 28. The van der Waals surface area contributed by atoms with Gasteiger partial charge in [-0.1, -0.05) is 6.92 Å². The van der Waals surface area contributed by atoms with Crippen LogP contribution in [0.25, 0.3) is 0 Å². The first kappa shape index (κ1) is 59.2. The molecule has 0 spiro atoms. The molecule has 6 aliphatic heterocycles. The lowest BCUT2D eigenvalue weighted by atomic mass is 9.94. The second kappa shape index (κ2) is 25.4. The predicted octanol–water partition coefficient (Wildman–Crippen LogP) is -7.84. The van der Waals surface area contributed by atoms with E-state index in [1.54, 1.807) is 6.92 Å². The third-order valence-electron chi connectivity index (χ3n) is 13.4. The van der Waals surface area contributed by atoms with Gasteiger partial charge in [0, 0.05) is 20.5 Å². The first-order valence-electron chi connectivity index (χ1n) is 23.9. The van der Waals surface area contributed by atoms with Gasteiger partial charge in [-0.25, -0.2) is 0 Å². The number of amides is 1. The molecule has 72 heavy (non-hydrogen) atoms. The zero-order chi connectivity index (χ0) is 53.2. The van der Waals surface area contributed by atoms with Crippen molar-refractivity contribution in [2.75, 3.05) is 19.8 Å². The topological polar surface area (TPSA) is 429 Å². The fraction of sp³-hybridized carbons (Fsp3) is 0.953. The lowest BCUT2D eigenvalue weighted by Gasteiger charge is -2.52. The quantitative estimate of drug-likeness (QED) is 0.0602. The molecule has 6 heterocycles. The summed E-state index contributed by atoms with van der Waals surface area (Å²) in [5.41, 5.74) is 0. The number of nitrogens with one attached hydrogen (secondary N) is 1. The van der Waals surface area contributed by atoms with Gasteiger partial charge in [0.05, 0.1) is 37.6 Å². The highest BCUT2D eigenvalue weighted by Gasteiger charge is 2.59. The van der Waals surface area contributed by atoms with E-state index in [0.717, 1.165) is 13.8 Å². The van der Waals surface area contributed by atoms with Gasteiger partial charge >= 0.3 is 5.97 Å². The molecule has 29 heteroatoms. The zero-order valence-corrected chi connectivity index (χ0v) is 40.6. The maximum absolute atomic E-state index is 13.1. The van der Waals surface area contributed by atoms with Crippen molar-refractivity contribution in [1.82, 2.24) is 5.32 Å². The third kappa shape index (κ3) is 12.8. The summed E-state index contributed by atoms with van der Waals surface area (Å²) in [4.78, 5) is 25.8. The number of hydrogen-bond donors (Lipinski definition) is 14. The average molecular weight is 1050 g/mol. The Morgan fingerprint density at radius 1 is 0.431 bits per heavy atom. The molecule has 14 N–H and O–H groups in total. The van der Waals surface area contributed by atoms with Crippen LogP contribution in [0.15, 0.2) is 0 Å². The minimum Gasteiger partial charge on any atom is -0.454 e. The second-order valence-corrected chi connectivity index (χ2v) is 18.9. The number of rotatable bonds is 17. The van der Waals surface area contributed by atoms with E-state index >= 15 is 0 Å². The molecular formula is C43H73NO28. The van der Waals surface area contributed by atoms with E-state index < -0.39 is 209 Å². The van der Waals surface area contributed by atoms with Gasteiger partial charge in [0.1, 0.15) is 116 Å². The second-order valence-electron chi connectivity index (χ2n) is 18.9. The Bertz CT molecular complexity index is 1720. The number of aliphatic hydroxyl groups is 13. The molecule has 6 rings (SSSR count). The highest BCUT2D eigenvalue weighted by atomic mass is 16.8. The van der Waals surface area contributed by atoms with E-state index in [9.17, 15) is 76.0 Å². The van der Waals surface area contributed by atoms with Crippen molar-refractivity contribution >= 4 is 11.9 Å². The van der Waals surface area contributed by atoms with E-state index in [1.807, 2.05) is 0 Å². The third-order valence-corrected chi connectivity index (χ3v) is 13.4. The van der Waals surface area contributed by atoms with Crippen LogP contribution in [-0.2, 0) is 71.2 Å². The summed E-state index contributed by atoms with van der Waals surface area (Å²) in [6.07, 6.45) is -48.7. The Morgan fingerprint density at radius 2 is 0.847 bits per heavy atom. The molecule has 6 saturated heterocycles. The van der Waals surface area contributed by atoms with E-state index in [-0.39, 0.29) is 6.61 Å². The highest BCUT2D eigenvalue weighted by molar-refractivity contribution is 5.73. The van der Waals surface area contributed by atoms with E-state index in [0.29, 0.717) is 6.42 Å². The molecule has 0 bridgehead atoms. The van der Waals surface area contributed by atoms with Crippen LogP contribution in [0, 0.1) is 0 Å². The largest absolute Gasteiger partial charge is 0.454 e. The maximum atomic E-state index is 13.1. The fourth-order valence-corrected chi connectivity index (χ4v) is 9.29. The Morgan fingerprint density at radius 3 is 1.39 bits per heavy atom. The van der Waals surface area contributed by atoms with Gasteiger partial charge in [0.2, 0.25) is 5.91 Å². The molecule has 0 aliphatic carbocycles. The van der Waals surface area contributed by atoms with Crippen molar-refractivity contribution in [1.29, 1.82) is 0 Å². The van der Waals surface area contributed by atoms with Crippen molar-refractivity contribution in [2.24, 2.45) is 0 Å². The summed E-state index contributed by atoms with van der Waals surface area (Å²) >= 11 is 0. The predicted molar refractivity (Wildman–Crippen MR) is 229 cm³/mol. The molecule has 0 aromatic carbocycles. The molecule has 6 aliphatic rings. The minimum atomic E-state index is -2.04. The van der Waals surface area contributed by atoms with E-state index in [2.05, 4.69) is 5.32 Å². The van der Waals surface area contributed by atoms with Crippen LogP contribution in [0.2, 0.25) is 0 Å². The van der Waals surface area contributed by atoms with Crippen LogP contribution in [0.4, 0.5) is 0 Å². The minimum absolute atomic E-state index is 0.0838. The van der Waals surface area contributed by atoms with Gasteiger partial charge in [-0.3, -0.25) is 9.59 Å². The standard InChI is InChI=1S/C43H73NO28/c1-8-9-60-41-35(29(57)22(50)13(3)62-41)71-43-37(34(24(52)15(5)64-43)70-40-31(59)28(56)25(53)18(10-45)67-40)72-38-20(44-16(6)47)32(26(54)19(11-46)66-38)68-42-36(65-17(7)48)33(23(51)14(4)63-42)69-39-30(58)27(55)21(49)12(2)61-39/h12-15,18-43,45-46,49-59H,8-11H2,1-7H3,(H,44,47)/t12?,13?,14?,15?,18-,19?,20-,21-,22-,23-,24-,25+,26+,27-,28?,29-,30?,31?,32?,33-,34-,35?,36?,37?,38-,39-,40+,41+,42-,43-/m0/s1. The Labute approximate surface area is 413 Å². The van der Waals surface area contributed by atoms with Gasteiger partial charge in [-0.2, -0.15) is 0 Å². The molecule has 29 nitrogen and oxygen atoms in total. The van der Waals surface area contributed by atoms with Crippen LogP contribution in [0.1, 0.15) is 54.9 Å². The van der Waals surface area contributed by atoms with Crippen molar-refractivity contribution in [3.05, 3.63) is 0 Å². The highest BCUT2D eigenvalue weighted by Crippen LogP contribution is 2.38. The van der Waals surface area contributed by atoms with Gasteiger partial charge in [-0.05, 0) is 34.1 Å². The molecule has 12 unspecified atom stereocenters. The number of esters is 1. The SMILES string of the molecule is CCCO[C@@H]1OC(C)[C@H](O)[C@H](O)C1O[C@@H]1OC(C)[C@H](O)[C@H](O[C@H]2O[C@@H](CO)[C@@H](O)C(O)C2O)C1O[C@@H]1OC(CO)[C@@H](O)C(O[C@@H]2OC(C)[C@H](O)[C@H](O[C@@H]3OC(C)[C@H](O)[C@H](O)C3O)C2OC(C)=O)[C@@H]1NC(C)=O. The Kier molecular flexibility index (Phi) is 20.9. The van der Waals surface area contributed by atoms with Crippen LogP contribution in [0.5, 0.6) is 0 Å². The Hall–Kier alpha value is -2.06. The zero-order valence-electron chi connectivity index (χ0n) is 40.6. The van der Waals surface area contributed by atoms with E-state index in [1.165, 1.54) is 27.7 Å².